The van der Waals surface area contributed by atoms with Gasteiger partial charge in [0.05, 0.1) is 4.92 Å². The van der Waals surface area contributed by atoms with E-state index in [-0.39, 0.29) is 16.3 Å². The van der Waals surface area contributed by atoms with Gasteiger partial charge in [-0.3, -0.25) is 10.1 Å². The smallest absolute Gasteiger partial charge is 0.245 e. The molecule has 0 aromatic heterocycles. The predicted molar refractivity (Wildman–Crippen MR) is 49.4 cm³/mol. The molecule has 0 amide bonds. The Bertz CT molecular complexity index is 199. The lowest BCUT2D eigenvalue weighted by atomic mass is 9.93. The van der Waals surface area contributed by atoms with Crippen LogP contribution in [0.25, 0.3) is 0 Å². The van der Waals surface area contributed by atoms with Crippen molar-refractivity contribution in [3.63, 3.8) is 0 Å². The van der Waals surface area contributed by atoms with Gasteiger partial charge < -0.3 is 0 Å². The van der Waals surface area contributed by atoms with Crippen molar-refractivity contribution >= 4 is 0 Å². The Morgan fingerprint density at radius 1 is 1.42 bits per heavy atom. The molecule has 3 nitrogen and oxygen atoms in total. The van der Waals surface area contributed by atoms with E-state index in [1.165, 1.54) is 0 Å². The maximum absolute atomic E-state index is 10.6. The molecule has 0 rings (SSSR count). The third-order valence-corrected chi connectivity index (χ3v) is 1.38. The monoisotopic (exact) mass is 171 g/mol. The van der Waals surface area contributed by atoms with Gasteiger partial charge in [0, 0.05) is 5.92 Å². The van der Waals surface area contributed by atoms with Crippen LogP contribution in [0.4, 0.5) is 0 Å². The number of nitrogens with zero attached hydrogens (tertiary/aromatic N) is 1. The first kappa shape index (κ1) is 11.1. The van der Waals surface area contributed by atoms with Crippen molar-refractivity contribution in [3.05, 3.63) is 21.9 Å². The Hall–Kier alpha value is -0.860. The molecule has 0 aliphatic carbocycles. The van der Waals surface area contributed by atoms with Crippen molar-refractivity contribution in [3.8, 4) is 0 Å². The molecule has 0 aromatic carbocycles. The van der Waals surface area contributed by atoms with Crippen molar-refractivity contribution in [1.82, 2.24) is 0 Å². The number of rotatable bonds is 2. The van der Waals surface area contributed by atoms with E-state index in [1.54, 1.807) is 6.08 Å². The maximum atomic E-state index is 10.6. The van der Waals surface area contributed by atoms with E-state index in [0.29, 0.717) is 5.70 Å². The van der Waals surface area contributed by atoms with Crippen LogP contribution in [0.5, 0.6) is 0 Å². The van der Waals surface area contributed by atoms with Gasteiger partial charge in [0.15, 0.2) is 0 Å². The van der Waals surface area contributed by atoms with Crippen LogP contribution in [-0.4, -0.2) is 4.92 Å². The number of nitro groups is 1. The summed E-state index contributed by atoms with van der Waals surface area (Å²) in [5.41, 5.74) is 0.189. The van der Waals surface area contributed by atoms with E-state index in [0.717, 1.165) is 0 Å². The zero-order valence-electron chi connectivity index (χ0n) is 8.42. The van der Waals surface area contributed by atoms with E-state index in [9.17, 15) is 10.1 Å². The van der Waals surface area contributed by atoms with Crippen LogP contribution < -0.4 is 0 Å². The fourth-order valence-corrected chi connectivity index (χ4v) is 0.874. The lowest BCUT2D eigenvalue weighted by molar-refractivity contribution is -0.433. The Labute approximate surface area is 73.6 Å². The van der Waals surface area contributed by atoms with Gasteiger partial charge >= 0.3 is 0 Å². The highest BCUT2D eigenvalue weighted by Crippen LogP contribution is 2.21. The standard InChI is InChI=1S/C9H17NO2/c1-7(2)8(10(11)12)6-9(3,4)5/h6-7H,1-5H3. The van der Waals surface area contributed by atoms with Crippen LogP contribution in [0.15, 0.2) is 11.8 Å². The summed E-state index contributed by atoms with van der Waals surface area (Å²) >= 11 is 0. The molecule has 0 fully saturated rings. The molecule has 0 saturated heterocycles. The second kappa shape index (κ2) is 3.70. The fraction of sp³-hybridized carbons (Fsp3) is 0.778. The van der Waals surface area contributed by atoms with Gasteiger partial charge in [-0.05, 0) is 11.5 Å². The summed E-state index contributed by atoms with van der Waals surface area (Å²) in [5.74, 6) is -0.0146. The third-order valence-electron chi connectivity index (χ3n) is 1.38. The van der Waals surface area contributed by atoms with Gasteiger partial charge in [-0.1, -0.05) is 34.6 Å². The fourth-order valence-electron chi connectivity index (χ4n) is 0.874. The molecule has 0 spiro atoms. The highest BCUT2D eigenvalue weighted by Gasteiger charge is 2.19. The highest BCUT2D eigenvalue weighted by molar-refractivity contribution is 5.01. The minimum atomic E-state index is -0.296. The molecule has 3 heteroatoms. The average molecular weight is 171 g/mol. The molecule has 12 heavy (non-hydrogen) atoms. The number of allylic oxidation sites excluding steroid dienone is 2. The van der Waals surface area contributed by atoms with Gasteiger partial charge in [-0.2, -0.15) is 0 Å². The second-order valence-corrected chi connectivity index (χ2v) is 4.35. The van der Waals surface area contributed by atoms with Gasteiger partial charge in [0.25, 0.3) is 0 Å². The van der Waals surface area contributed by atoms with E-state index in [1.807, 2.05) is 34.6 Å². The summed E-state index contributed by atoms with van der Waals surface area (Å²) < 4.78 is 0. The molecule has 0 N–H and O–H groups in total. The first-order valence-electron chi connectivity index (χ1n) is 4.11. The predicted octanol–water partition coefficient (Wildman–Crippen LogP) is 2.85. The lowest BCUT2D eigenvalue weighted by Crippen LogP contribution is -2.11. The lowest BCUT2D eigenvalue weighted by Gasteiger charge is -2.12. The van der Waals surface area contributed by atoms with E-state index < -0.39 is 0 Å². The number of hydrogen-bond donors (Lipinski definition) is 0. The quantitative estimate of drug-likeness (QED) is 0.473. The molecular weight excluding hydrogens is 154 g/mol. The SMILES string of the molecule is CC(C)C(=CC(C)(C)C)[N+](=O)[O-]. The van der Waals surface area contributed by atoms with Crippen molar-refractivity contribution in [1.29, 1.82) is 0 Å². The molecule has 0 aromatic rings. The summed E-state index contributed by atoms with van der Waals surface area (Å²) in [6.45, 7) is 9.54. The highest BCUT2D eigenvalue weighted by atomic mass is 16.6. The van der Waals surface area contributed by atoms with Crippen LogP contribution in [0.1, 0.15) is 34.6 Å². The van der Waals surface area contributed by atoms with Crippen LogP contribution in [0.3, 0.4) is 0 Å². The van der Waals surface area contributed by atoms with Crippen LogP contribution in [0.2, 0.25) is 0 Å². The summed E-state index contributed by atoms with van der Waals surface area (Å²) in [6.07, 6.45) is 1.72. The topological polar surface area (TPSA) is 43.1 Å². The molecule has 0 radical (unpaired) electrons. The van der Waals surface area contributed by atoms with Gasteiger partial charge in [-0.15, -0.1) is 0 Å². The summed E-state index contributed by atoms with van der Waals surface area (Å²) in [4.78, 5) is 10.3. The van der Waals surface area contributed by atoms with Crippen LogP contribution in [-0.2, 0) is 0 Å². The molecule has 0 atom stereocenters. The molecule has 0 aliphatic heterocycles. The zero-order chi connectivity index (χ0) is 9.94. The minimum Gasteiger partial charge on any atom is -0.259 e. The maximum Gasteiger partial charge on any atom is 0.245 e. The third kappa shape index (κ3) is 4.11. The van der Waals surface area contributed by atoms with Gasteiger partial charge in [0.2, 0.25) is 5.70 Å². The first-order valence-corrected chi connectivity index (χ1v) is 4.11. The first-order chi connectivity index (χ1) is 5.24. The van der Waals surface area contributed by atoms with Crippen molar-refractivity contribution in [2.45, 2.75) is 34.6 Å². The van der Waals surface area contributed by atoms with E-state index in [2.05, 4.69) is 0 Å². The second-order valence-electron chi connectivity index (χ2n) is 4.35. The Balaban J connectivity index is 4.75. The molecule has 0 bridgehead atoms. The number of hydrogen-bond acceptors (Lipinski definition) is 2. The van der Waals surface area contributed by atoms with E-state index >= 15 is 0 Å². The van der Waals surface area contributed by atoms with Crippen LogP contribution >= 0.6 is 0 Å². The summed E-state index contributed by atoms with van der Waals surface area (Å²) in [5, 5.41) is 10.6. The van der Waals surface area contributed by atoms with Gasteiger partial charge in [-0.25, -0.2) is 0 Å². The zero-order valence-corrected chi connectivity index (χ0v) is 8.42. The minimum absolute atomic E-state index is 0.0146. The van der Waals surface area contributed by atoms with Crippen molar-refractivity contribution in [2.24, 2.45) is 11.3 Å². The molecule has 0 unspecified atom stereocenters. The van der Waals surface area contributed by atoms with E-state index in [4.69, 9.17) is 0 Å². The molecular formula is C9H17NO2. The van der Waals surface area contributed by atoms with Crippen molar-refractivity contribution in [2.75, 3.05) is 0 Å². The van der Waals surface area contributed by atoms with Crippen molar-refractivity contribution < 1.29 is 4.92 Å². The molecule has 0 saturated carbocycles. The molecule has 0 aliphatic rings. The Kier molecular flexibility index (Phi) is 3.43. The Morgan fingerprint density at radius 3 is 1.92 bits per heavy atom. The normalized spacial score (nSPS) is 13.7. The summed E-state index contributed by atoms with van der Waals surface area (Å²) in [7, 11) is 0. The molecule has 0 heterocycles. The summed E-state index contributed by atoms with van der Waals surface area (Å²) in [6, 6.07) is 0. The average Bonchev–Trinajstić information content (AvgIpc) is 1.79. The largest absolute Gasteiger partial charge is 0.259 e. The van der Waals surface area contributed by atoms with Gasteiger partial charge in [0.1, 0.15) is 0 Å². The van der Waals surface area contributed by atoms with Crippen LogP contribution in [0, 0.1) is 21.4 Å². The molecule has 70 valence electrons. The Morgan fingerprint density at radius 2 is 1.83 bits per heavy atom.